The standard InChI is InChI=1S/C21H31N3O4S/c1-14(2)22-20(26)15-7-6-10-24(13-15)29(27,28)16-8-9-18-17(11-16)21(3,4)12-19(25)23(18)5/h8-9,11,14-15H,6-7,10,12-13H2,1-5H3,(H,22,26). The van der Waals surface area contributed by atoms with Gasteiger partial charge in [0.1, 0.15) is 0 Å². The number of hydrogen-bond donors (Lipinski definition) is 1. The van der Waals surface area contributed by atoms with Crippen molar-refractivity contribution in [1.29, 1.82) is 0 Å². The molecule has 1 unspecified atom stereocenters. The molecule has 7 nitrogen and oxygen atoms in total. The quantitative estimate of drug-likeness (QED) is 0.808. The van der Waals surface area contributed by atoms with Gasteiger partial charge in [-0.15, -0.1) is 0 Å². The van der Waals surface area contributed by atoms with Gasteiger partial charge in [-0.05, 0) is 50.5 Å². The summed E-state index contributed by atoms with van der Waals surface area (Å²) in [6.45, 7) is 8.31. The van der Waals surface area contributed by atoms with Gasteiger partial charge in [-0.25, -0.2) is 8.42 Å². The van der Waals surface area contributed by atoms with Gasteiger partial charge in [0.15, 0.2) is 0 Å². The average molecular weight is 422 g/mol. The molecule has 0 bridgehead atoms. The molecule has 2 aliphatic heterocycles. The number of piperidine rings is 1. The lowest BCUT2D eigenvalue weighted by molar-refractivity contribution is -0.126. The number of anilines is 1. The van der Waals surface area contributed by atoms with E-state index in [-0.39, 0.29) is 35.2 Å². The summed E-state index contributed by atoms with van der Waals surface area (Å²) in [7, 11) is -2.01. The second kappa shape index (κ2) is 7.72. The fraction of sp³-hybridized carbons (Fsp3) is 0.619. The van der Waals surface area contributed by atoms with Crippen molar-refractivity contribution in [2.45, 2.75) is 63.3 Å². The Hall–Kier alpha value is -1.93. The van der Waals surface area contributed by atoms with E-state index in [1.807, 2.05) is 27.7 Å². The maximum absolute atomic E-state index is 13.3. The van der Waals surface area contributed by atoms with Crippen LogP contribution in [0, 0.1) is 5.92 Å². The lowest BCUT2D eigenvalue weighted by atomic mass is 9.77. The molecule has 2 amide bonds. The van der Waals surface area contributed by atoms with Crippen molar-refractivity contribution in [3.8, 4) is 0 Å². The van der Waals surface area contributed by atoms with E-state index in [0.29, 0.717) is 25.8 Å². The monoisotopic (exact) mass is 421 g/mol. The number of sulfonamides is 1. The Morgan fingerprint density at radius 3 is 2.62 bits per heavy atom. The van der Waals surface area contributed by atoms with E-state index in [4.69, 9.17) is 0 Å². The second-order valence-corrected chi connectivity index (χ2v) is 11.0. The Balaban J connectivity index is 1.90. The Bertz CT molecular complexity index is 924. The van der Waals surface area contributed by atoms with Gasteiger partial charge in [0, 0.05) is 43.7 Å². The van der Waals surface area contributed by atoms with Crippen LogP contribution < -0.4 is 10.2 Å². The summed E-state index contributed by atoms with van der Waals surface area (Å²) in [6, 6.07) is 5.01. The molecule has 1 atom stereocenters. The van der Waals surface area contributed by atoms with Crippen LogP contribution in [0.5, 0.6) is 0 Å². The highest BCUT2D eigenvalue weighted by Gasteiger charge is 2.38. The Morgan fingerprint density at radius 2 is 1.97 bits per heavy atom. The van der Waals surface area contributed by atoms with E-state index in [2.05, 4.69) is 5.32 Å². The molecule has 0 aliphatic carbocycles. The first kappa shape index (κ1) is 21.8. The molecule has 8 heteroatoms. The first-order valence-electron chi connectivity index (χ1n) is 10.1. The molecule has 0 spiro atoms. The van der Waals surface area contributed by atoms with Crippen LogP contribution in [0.2, 0.25) is 0 Å². The minimum atomic E-state index is -3.72. The predicted octanol–water partition coefficient (Wildman–Crippen LogP) is 2.26. The number of amides is 2. The third kappa shape index (κ3) is 4.19. The Morgan fingerprint density at radius 1 is 1.28 bits per heavy atom. The zero-order valence-corrected chi connectivity index (χ0v) is 18.7. The van der Waals surface area contributed by atoms with Crippen LogP contribution in [0.25, 0.3) is 0 Å². The molecule has 1 N–H and O–H groups in total. The largest absolute Gasteiger partial charge is 0.354 e. The molecule has 1 saturated heterocycles. The summed E-state index contributed by atoms with van der Waals surface area (Å²) >= 11 is 0. The maximum Gasteiger partial charge on any atom is 0.243 e. The number of nitrogens with zero attached hydrogens (tertiary/aromatic N) is 2. The second-order valence-electron chi connectivity index (χ2n) is 9.06. The molecule has 1 aromatic rings. The van der Waals surface area contributed by atoms with Crippen LogP contribution >= 0.6 is 0 Å². The van der Waals surface area contributed by atoms with E-state index in [1.165, 1.54) is 4.31 Å². The molecule has 1 aromatic carbocycles. The summed E-state index contributed by atoms with van der Waals surface area (Å²) in [5.74, 6) is -0.404. The molecule has 0 aromatic heterocycles. The van der Waals surface area contributed by atoms with Gasteiger partial charge in [0.25, 0.3) is 0 Å². The topological polar surface area (TPSA) is 86.8 Å². The van der Waals surface area contributed by atoms with Crippen LogP contribution in [0.1, 0.15) is 52.5 Å². The summed E-state index contributed by atoms with van der Waals surface area (Å²) in [4.78, 5) is 26.4. The average Bonchev–Trinajstić information content (AvgIpc) is 2.65. The third-order valence-electron chi connectivity index (χ3n) is 5.85. The van der Waals surface area contributed by atoms with E-state index >= 15 is 0 Å². The first-order chi connectivity index (χ1) is 13.4. The third-order valence-corrected chi connectivity index (χ3v) is 7.71. The van der Waals surface area contributed by atoms with Crippen molar-refractivity contribution < 1.29 is 18.0 Å². The van der Waals surface area contributed by atoms with Crippen LogP contribution in [-0.4, -0.2) is 50.7 Å². The van der Waals surface area contributed by atoms with Gasteiger partial charge >= 0.3 is 0 Å². The molecule has 0 saturated carbocycles. The van der Waals surface area contributed by atoms with Gasteiger partial charge < -0.3 is 10.2 Å². The molecule has 0 radical (unpaired) electrons. The number of carbonyl (C=O) groups excluding carboxylic acids is 2. The van der Waals surface area contributed by atoms with Gasteiger partial charge in [-0.2, -0.15) is 4.31 Å². The highest BCUT2D eigenvalue weighted by molar-refractivity contribution is 7.89. The number of hydrogen-bond acceptors (Lipinski definition) is 4. The number of nitrogens with one attached hydrogen (secondary N) is 1. The van der Waals surface area contributed by atoms with Gasteiger partial charge in [0.2, 0.25) is 21.8 Å². The van der Waals surface area contributed by atoms with E-state index in [9.17, 15) is 18.0 Å². The molecule has 1 fully saturated rings. The lowest BCUT2D eigenvalue weighted by Crippen LogP contribution is -2.46. The zero-order chi connectivity index (χ0) is 21.6. The van der Waals surface area contributed by atoms with E-state index in [1.54, 1.807) is 30.1 Å². The van der Waals surface area contributed by atoms with Gasteiger partial charge in [0.05, 0.1) is 10.8 Å². The molecular weight excluding hydrogens is 390 g/mol. The van der Waals surface area contributed by atoms with Crippen LogP contribution in [0.4, 0.5) is 5.69 Å². The minimum absolute atomic E-state index is 0.0214. The van der Waals surface area contributed by atoms with Crippen LogP contribution in [0.15, 0.2) is 23.1 Å². The van der Waals surface area contributed by atoms with Crippen LogP contribution in [0.3, 0.4) is 0 Å². The summed E-state index contributed by atoms with van der Waals surface area (Å²) in [5, 5.41) is 2.89. The predicted molar refractivity (Wildman–Crippen MR) is 112 cm³/mol. The normalized spacial score (nSPS) is 22.5. The highest BCUT2D eigenvalue weighted by atomic mass is 32.2. The summed E-state index contributed by atoms with van der Waals surface area (Å²) in [6.07, 6.45) is 1.68. The molecule has 2 aliphatic rings. The molecule has 29 heavy (non-hydrogen) atoms. The Labute approximate surface area is 173 Å². The smallest absolute Gasteiger partial charge is 0.243 e. The van der Waals surface area contributed by atoms with Gasteiger partial charge in [-0.3, -0.25) is 9.59 Å². The fourth-order valence-electron chi connectivity index (χ4n) is 4.16. The molecule has 160 valence electrons. The SMILES string of the molecule is CC(C)NC(=O)C1CCCN(S(=O)(=O)c2ccc3c(c2)C(C)(C)CC(=O)N3C)C1. The Kier molecular flexibility index (Phi) is 5.80. The highest BCUT2D eigenvalue weighted by Crippen LogP contribution is 2.41. The van der Waals surface area contributed by atoms with Crippen molar-refractivity contribution >= 4 is 27.5 Å². The molecule has 3 rings (SSSR count). The van der Waals surface area contributed by atoms with E-state index < -0.39 is 15.4 Å². The zero-order valence-electron chi connectivity index (χ0n) is 17.9. The lowest BCUT2D eigenvalue weighted by Gasteiger charge is -2.37. The molecule has 2 heterocycles. The van der Waals surface area contributed by atoms with Crippen molar-refractivity contribution in [2.75, 3.05) is 25.0 Å². The van der Waals surface area contributed by atoms with Crippen molar-refractivity contribution in [3.63, 3.8) is 0 Å². The molecular formula is C21H31N3O4S. The van der Waals surface area contributed by atoms with E-state index in [0.717, 1.165) is 11.3 Å². The number of fused-ring (bicyclic) bond motifs is 1. The van der Waals surface area contributed by atoms with Crippen molar-refractivity contribution in [3.05, 3.63) is 23.8 Å². The van der Waals surface area contributed by atoms with Crippen LogP contribution in [-0.2, 0) is 25.0 Å². The minimum Gasteiger partial charge on any atom is -0.354 e. The van der Waals surface area contributed by atoms with Gasteiger partial charge in [-0.1, -0.05) is 13.8 Å². The first-order valence-corrected chi connectivity index (χ1v) is 11.6. The number of benzene rings is 1. The maximum atomic E-state index is 13.3. The van der Waals surface area contributed by atoms with Crippen molar-refractivity contribution in [1.82, 2.24) is 9.62 Å². The van der Waals surface area contributed by atoms with Crippen molar-refractivity contribution in [2.24, 2.45) is 5.92 Å². The number of rotatable bonds is 4. The summed E-state index contributed by atoms with van der Waals surface area (Å²) < 4.78 is 28.1. The number of carbonyl (C=O) groups is 2. The fourth-order valence-corrected chi connectivity index (χ4v) is 5.71. The summed E-state index contributed by atoms with van der Waals surface area (Å²) in [5.41, 5.74) is 1.16.